The summed E-state index contributed by atoms with van der Waals surface area (Å²) in [6.07, 6.45) is 0.0204. The van der Waals surface area contributed by atoms with E-state index in [-0.39, 0.29) is 37.1 Å². The highest BCUT2D eigenvalue weighted by Crippen LogP contribution is 2.46. The lowest BCUT2D eigenvalue weighted by Gasteiger charge is -2.30. The van der Waals surface area contributed by atoms with Crippen LogP contribution < -0.4 is 0 Å². The molecule has 0 saturated carbocycles. The van der Waals surface area contributed by atoms with E-state index >= 15 is 0 Å². The van der Waals surface area contributed by atoms with Gasteiger partial charge in [0, 0.05) is 58.2 Å². The van der Waals surface area contributed by atoms with E-state index in [4.69, 9.17) is 0 Å². The van der Waals surface area contributed by atoms with Gasteiger partial charge in [0.1, 0.15) is 23.3 Å². The predicted octanol–water partition coefficient (Wildman–Crippen LogP) is 7.97. The van der Waals surface area contributed by atoms with E-state index in [2.05, 4.69) is 0 Å². The molecule has 0 atom stereocenters. The number of carbonyl (C=O) groups excluding carboxylic acids is 4. The van der Waals surface area contributed by atoms with Crippen LogP contribution in [0.1, 0.15) is 52.6 Å². The molecule has 0 radical (unpaired) electrons. The fourth-order valence-corrected chi connectivity index (χ4v) is 7.69. The summed E-state index contributed by atoms with van der Waals surface area (Å²) in [6, 6.07) is 20.1. The smallest absolute Gasteiger partial charge is 0.261 e. The van der Waals surface area contributed by atoms with Crippen LogP contribution >= 0.6 is 0 Å². The van der Waals surface area contributed by atoms with E-state index in [1.54, 1.807) is 48.5 Å². The number of nitrogens with zero attached hydrogens (tertiary/aromatic N) is 2. The van der Waals surface area contributed by atoms with E-state index in [1.165, 1.54) is 12.1 Å². The summed E-state index contributed by atoms with van der Waals surface area (Å²) >= 11 is 0. The third kappa shape index (κ3) is 4.14. The highest BCUT2D eigenvalue weighted by molar-refractivity contribution is 6.41. The summed E-state index contributed by atoms with van der Waals surface area (Å²) in [5.41, 5.74) is 1.61. The molecule has 2 aliphatic heterocycles. The Morgan fingerprint density at radius 2 is 0.720 bits per heavy atom. The number of rotatable bonds is 6. The maximum absolute atomic E-state index is 14.3. The van der Waals surface area contributed by atoms with Crippen LogP contribution in [-0.4, -0.2) is 46.5 Å². The number of carbonyl (C=O) groups is 4. The minimum Gasteiger partial charge on any atom is -0.274 e. The van der Waals surface area contributed by atoms with Gasteiger partial charge in [-0.15, -0.1) is 0 Å². The summed E-state index contributed by atoms with van der Waals surface area (Å²) in [7, 11) is 0. The van der Waals surface area contributed by atoms with Gasteiger partial charge in [0.15, 0.2) is 0 Å². The molecule has 6 nitrogen and oxygen atoms in total. The van der Waals surface area contributed by atoms with Crippen molar-refractivity contribution in [2.45, 2.75) is 12.8 Å². The molecular formula is C40H22F4N2O4. The van der Waals surface area contributed by atoms with Crippen molar-refractivity contribution in [3.05, 3.63) is 142 Å². The molecule has 0 aliphatic carbocycles. The molecule has 0 saturated heterocycles. The first kappa shape index (κ1) is 29.9. The van der Waals surface area contributed by atoms with Gasteiger partial charge in [0.2, 0.25) is 0 Å². The van der Waals surface area contributed by atoms with Crippen LogP contribution in [0.25, 0.3) is 43.1 Å². The Hall–Kier alpha value is -6.16. The molecule has 7 aromatic carbocycles. The highest BCUT2D eigenvalue weighted by atomic mass is 19.1. The number of imide groups is 2. The molecule has 7 aromatic rings. The number of hydrogen-bond donors (Lipinski definition) is 0. The summed E-state index contributed by atoms with van der Waals surface area (Å²) in [5.74, 6) is -5.05. The molecule has 244 valence electrons. The van der Waals surface area contributed by atoms with Crippen LogP contribution in [0.3, 0.4) is 0 Å². The Morgan fingerprint density at radius 3 is 1.02 bits per heavy atom. The summed E-state index contributed by atoms with van der Waals surface area (Å²) in [6.45, 7) is -0.202. The maximum atomic E-state index is 14.3. The number of benzene rings is 7. The van der Waals surface area contributed by atoms with E-state index in [0.717, 1.165) is 55.6 Å². The molecule has 50 heavy (non-hydrogen) atoms. The lowest BCUT2D eigenvalue weighted by molar-refractivity contribution is 0.0596. The van der Waals surface area contributed by atoms with Crippen molar-refractivity contribution in [2.24, 2.45) is 0 Å². The van der Waals surface area contributed by atoms with Gasteiger partial charge < -0.3 is 0 Å². The largest absolute Gasteiger partial charge is 0.274 e. The first-order valence-electron chi connectivity index (χ1n) is 15.9. The zero-order valence-electron chi connectivity index (χ0n) is 26.0. The molecule has 9 rings (SSSR count). The van der Waals surface area contributed by atoms with Crippen LogP contribution in [0.5, 0.6) is 0 Å². The van der Waals surface area contributed by atoms with Crippen molar-refractivity contribution in [1.29, 1.82) is 0 Å². The van der Waals surface area contributed by atoms with Crippen molar-refractivity contribution in [3.63, 3.8) is 0 Å². The van der Waals surface area contributed by atoms with Gasteiger partial charge >= 0.3 is 0 Å². The molecule has 4 amide bonds. The first-order chi connectivity index (χ1) is 24.1. The zero-order chi connectivity index (χ0) is 34.6. The monoisotopic (exact) mass is 670 g/mol. The average molecular weight is 671 g/mol. The van der Waals surface area contributed by atoms with E-state index < -0.39 is 46.9 Å². The summed E-state index contributed by atoms with van der Waals surface area (Å²) in [5, 5.41) is 5.29. The molecule has 0 unspecified atom stereocenters. The van der Waals surface area contributed by atoms with E-state index in [0.29, 0.717) is 43.8 Å². The normalized spacial score (nSPS) is 14.4. The second kappa shape index (κ2) is 10.7. The average Bonchev–Trinajstić information content (AvgIpc) is 3.10. The van der Waals surface area contributed by atoms with E-state index in [1.807, 2.05) is 0 Å². The summed E-state index contributed by atoms with van der Waals surface area (Å²) < 4.78 is 55.5. The van der Waals surface area contributed by atoms with Gasteiger partial charge in [-0.25, -0.2) is 17.6 Å². The molecule has 0 fully saturated rings. The second-order valence-corrected chi connectivity index (χ2v) is 12.6. The number of halogens is 4. The Morgan fingerprint density at radius 1 is 0.400 bits per heavy atom. The van der Waals surface area contributed by atoms with Crippen LogP contribution in [0.2, 0.25) is 0 Å². The lowest BCUT2D eigenvalue weighted by atomic mass is 9.82. The van der Waals surface area contributed by atoms with Gasteiger partial charge in [0.25, 0.3) is 23.6 Å². The molecule has 10 heteroatoms. The minimum atomic E-state index is -0.754. The van der Waals surface area contributed by atoms with Crippen molar-refractivity contribution in [3.8, 4) is 0 Å². The molecule has 0 spiro atoms. The Labute approximate surface area is 280 Å². The van der Waals surface area contributed by atoms with Crippen LogP contribution in [0.15, 0.2) is 84.9 Å². The third-order valence-corrected chi connectivity index (χ3v) is 10.0. The van der Waals surface area contributed by atoms with Crippen molar-refractivity contribution in [1.82, 2.24) is 9.80 Å². The Balaban J connectivity index is 1.14. The van der Waals surface area contributed by atoms with Crippen molar-refractivity contribution in [2.75, 3.05) is 13.1 Å². The van der Waals surface area contributed by atoms with Gasteiger partial charge in [-0.05, 0) is 92.7 Å². The highest BCUT2D eigenvalue weighted by Gasteiger charge is 2.37. The van der Waals surface area contributed by atoms with Gasteiger partial charge in [-0.2, -0.15) is 0 Å². The fraction of sp³-hybridized carbons (Fsp3) is 0.100. The Bertz CT molecular complexity index is 2400. The molecule has 2 heterocycles. The third-order valence-electron chi connectivity index (χ3n) is 10.0. The zero-order valence-corrected chi connectivity index (χ0v) is 26.0. The molecular weight excluding hydrogens is 648 g/mol. The van der Waals surface area contributed by atoms with Gasteiger partial charge in [0.05, 0.1) is 0 Å². The summed E-state index contributed by atoms with van der Waals surface area (Å²) in [4.78, 5) is 57.3. The molecule has 0 N–H and O–H groups in total. The Kier molecular flexibility index (Phi) is 6.39. The molecule has 0 bridgehead atoms. The van der Waals surface area contributed by atoms with Crippen LogP contribution in [0, 0.1) is 23.3 Å². The number of amides is 4. The van der Waals surface area contributed by atoms with Crippen LogP contribution in [0.4, 0.5) is 17.6 Å². The topological polar surface area (TPSA) is 74.8 Å². The van der Waals surface area contributed by atoms with Crippen molar-refractivity contribution >= 4 is 66.7 Å². The second-order valence-electron chi connectivity index (χ2n) is 12.6. The quantitative estimate of drug-likeness (QED) is 0.0779. The standard InChI is InChI=1S/C40H22F4N2O4/c41-21-3-1-19(31(43)17-21)13-15-45-37(47)27-9-5-23-25-7-11-29-36-30(40(50)46(39(29)49)16-14-20-2-4-22(42)18-32(20)44)12-8-26(34(25)36)24-6-10-28(38(45)48)35(27)33(23)24/h1-12,17-18H,13-16H2. The minimum absolute atomic E-state index is 0.0102. The maximum Gasteiger partial charge on any atom is 0.261 e. The number of hydrogen-bond acceptors (Lipinski definition) is 4. The van der Waals surface area contributed by atoms with Crippen molar-refractivity contribution < 1.29 is 36.7 Å². The number of fused-ring (bicyclic) bond motifs is 2. The molecule has 2 aliphatic rings. The SMILES string of the molecule is O=C1c2ccc3c4ccc5c6c(ccc(c7ccc(c2c37)C(=O)N1CCc1ccc(F)cc1F)c64)C(=O)N(CCc1ccc(F)cc1F)C5=O. The fourth-order valence-electron chi connectivity index (χ4n) is 7.69. The van der Waals surface area contributed by atoms with E-state index in [9.17, 15) is 36.7 Å². The first-order valence-corrected chi connectivity index (χ1v) is 15.9. The lowest BCUT2D eigenvalue weighted by Crippen LogP contribution is -2.41. The molecule has 0 aromatic heterocycles. The van der Waals surface area contributed by atoms with Gasteiger partial charge in [-0.3, -0.25) is 29.0 Å². The van der Waals surface area contributed by atoms with Crippen LogP contribution in [-0.2, 0) is 12.8 Å². The van der Waals surface area contributed by atoms with Gasteiger partial charge in [-0.1, -0.05) is 36.4 Å². The predicted molar refractivity (Wildman–Crippen MR) is 179 cm³/mol.